The van der Waals surface area contributed by atoms with Crippen molar-refractivity contribution in [1.82, 2.24) is 14.9 Å². The van der Waals surface area contributed by atoms with Crippen molar-refractivity contribution >= 4 is 22.4 Å². The summed E-state index contributed by atoms with van der Waals surface area (Å²) in [7, 11) is 0. The molecule has 0 aliphatic rings. The minimum absolute atomic E-state index is 0.0775. The number of aryl methyl sites for hydroxylation is 1. The molecule has 1 amide bonds. The van der Waals surface area contributed by atoms with E-state index in [0.29, 0.717) is 12.3 Å². The first-order chi connectivity index (χ1) is 14.2. The number of carbonyl (C=O) groups excluding carboxylic acids is 1. The molecule has 0 saturated carbocycles. The molecule has 0 bridgehead atoms. The van der Waals surface area contributed by atoms with Crippen molar-refractivity contribution in [2.45, 2.75) is 13.5 Å². The average molecular weight is 387 g/mol. The summed E-state index contributed by atoms with van der Waals surface area (Å²) in [6.07, 6.45) is 3.17. The quantitative estimate of drug-likeness (QED) is 0.507. The molecule has 0 atom stereocenters. The maximum absolute atomic E-state index is 12.3. The van der Waals surface area contributed by atoms with Gasteiger partial charge in [0, 0.05) is 11.3 Å². The van der Waals surface area contributed by atoms with Crippen LogP contribution in [0.4, 0.5) is 5.69 Å². The van der Waals surface area contributed by atoms with Crippen LogP contribution in [0.25, 0.3) is 10.8 Å². The van der Waals surface area contributed by atoms with E-state index in [9.17, 15) is 4.79 Å². The van der Waals surface area contributed by atoms with Gasteiger partial charge in [-0.2, -0.15) is 0 Å². The molecule has 0 unspecified atom stereocenters. The maximum atomic E-state index is 12.3. The standard InChI is InChI=1S/C22H21N5O2/c1-16-6-9-18(10-7-16)26-22(28)13-29-21-11-8-17-4-2-3-5-19(17)20(21)12-25-27-14-23-24-15-27/h2-11,14-15,25H,12-13H2,1H3,(H,26,28). The summed E-state index contributed by atoms with van der Waals surface area (Å²) >= 11 is 0. The van der Waals surface area contributed by atoms with E-state index >= 15 is 0 Å². The van der Waals surface area contributed by atoms with Gasteiger partial charge in [0.25, 0.3) is 5.91 Å². The number of amides is 1. The van der Waals surface area contributed by atoms with Crippen LogP contribution >= 0.6 is 0 Å². The largest absolute Gasteiger partial charge is 0.483 e. The molecule has 4 aromatic rings. The Morgan fingerprint density at radius 1 is 1.00 bits per heavy atom. The van der Waals surface area contributed by atoms with Crippen LogP contribution in [0, 0.1) is 6.92 Å². The van der Waals surface area contributed by atoms with Crippen LogP contribution in [-0.4, -0.2) is 27.4 Å². The van der Waals surface area contributed by atoms with Gasteiger partial charge >= 0.3 is 0 Å². The number of nitrogens with zero attached hydrogens (tertiary/aromatic N) is 3. The van der Waals surface area contributed by atoms with Crippen LogP contribution in [0.5, 0.6) is 5.75 Å². The predicted molar refractivity (Wildman–Crippen MR) is 112 cm³/mol. The molecule has 0 saturated heterocycles. The number of benzene rings is 3. The molecule has 1 heterocycles. The Hall–Kier alpha value is -3.87. The normalized spacial score (nSPS) is 10.7. The van der Waals surface area contributed by atoms with Gasteiger partial charge in [-0.25, -0.2) is 4.68 Å². The third kappa shape index (κ3) is 4.52. The van der Waals surface area contributed by atoms with E-state index in [-0.39, 0.29) is 12.5 Å². The highest BCUT2D eigenvalue weighted by molar-refractivity contribution is 5.92. The maximum Gasteiger partial charge on any atom is 0.262 e. The zero-order valence-corrected chi connectivity index (χ0v) is 16.0. The van der Waals surface area contributed by atoms with E-state index in [1.165, 1.54) is 0 Å². The number of hydrogen-bond acceptors (Lipinski definition) is 5. The summed E-state index contributed by atoms with van der Waals surface area (Å²) in [5, 5.41) is 12.6. The fourth-order valence-corrected chi connectivity index (χ4v) is 3.06. The van der Waals surface area contributed by atoms with Crippen molar-refractivity contribution < 1.29 is 9.53 Å². The molecule has 0 spiro atoms. The molecule has 0 radical (unpaired) electrons. The Morgan fingerprint density at radius 3 is 2.55 bits per heavy atom. The molecule has 7 nitrogen and oxygen atoms in total. The minimum atomic E-state index is -0.209. The lowest BCUT2D eigenvalue weighted by Gasteiger charge is -2.15. The van der Waals surface area contributed by atoms with E-state index in [1.807, 2.05) is 67.6 Å². The number of nitrogens with one attached hydrogen (secondary N) is 2. The SMILES string of the molecule is Cc1ccc(NC(=O)COc2ccc3ccccc3c2CNn2cnnc2)cc1. The number of anilines is 1. The number of fused-ring (bicyclic) bond motifs is 1. The Balaban J connectivity index is 1.50. The van der Waals surface area contributed by atoms with E-state index in [4.69, 9.17) is 4.74 Å². The molecule has 29 heavy (non-hydrogen) atoms. The third-order valence-electron chi connectivity index (χ3n) is 4.55. The van der Waals surface area contributed by atoms with Crippen LogP contribution in [0.3, 0.4) is 0 Å². The molecule has 0 aliphatic carbocycles. The van der Waals surface area contributed by atoms with Gasteiger partial charge in [0.2, 0.25) is 0 Å². The van der Waals surface area contributed by atoms with E-state index in [0.717, 1.165) is 27.6 Å². The van der Waals surface area contributed by atoms with Gasteiger partial charge in [-0.05, 0) is 35.9 Å². The lowest BCUT2D eigenvalue weighted by molar-refractivity contribution is -0.118. The van der Waals surface area contributed by atoms with Gasteiger partial charge in [0.05, 0.1) is 6.54 Å². The Morgan fingerprint density at radius 2 is 1.76 bits per heavy atom. The Bertz CT molecular complexity index is 1110. The zero-order valence-electron chi connectivity index (χ0n) is 16.0. The highest BCUT2D eigenvalue weighted by Crippen LogP contribution is 2.28. The van der Waals surface area contributed by atoms with Crippen molar-refractivity contribution in [3.8, 4) is 5.75 Å². The van der Waals surface area contributed by atoms with Crippen LogP contribution in [0.15, 0.2) is 73.3 Å². The molecule has 146 valence electrons. The summed E-state index contributed by atoms with van der Waals surface area (Å²) in [5.41, 5.74) is 6.06. The molecular weight excluding hydrogens is 366 g/mol. The second-order valence-corrected chi connectivity index (χ2v) is 6.67. The first kappa shape index (κ1) is 18.5. The number of ether oxygens (including phenoxy) is 1. The van der Waals surface area contributed by atoms with Crippen molar-refractivity contribution in [1.29, 1.82) is 0 Å². The number of hydrogen-bond donors (Lipinski definition) is 2. The van der Waals surface area contributed by atoms with Gasteiger partial charge < -0.3 is 15.5 Å². The van der Waals surface area contributed by atoms with Gasteiger partial charge in [0.15, 0.2) is 6.61 Å². The fourth-order valence-electron chi connectivity index (χ4n) is 3.06. The van der Waals surface area contributed by atoms with Crippen LogP contribution < -0.4 is 15.5 Å². The topological polar surface area (TPSA) is 81.1 Å². The van der Waals surface area contributed by atoms with Crippen LogP contribution in [-0.2, 0) is 11.3 Å². The van der Waals surface area contributed by atoms with Crippen LogP contribution in [0.1, 0.15) is 11.1 Å². The number of carbonyl (C=O) groups is 1. The monoisotopic (exact) mass is 387 g/mol. The summed E-state index contributed by atoms with van der Waals surface area (Å²) in [6, 6.07) is 19.6. The summed E-state index contributed by atoms with van der Waals surface area (Å²) in [6.45, 7) is 2.42. The summed E-state index contributed by atoms with van der Waals surface area (Å²) in [4.78, 5) is 12.3. The first-order valence-corrected chi connectivity index (χ1v) is 9.27. The minimum Gasteiger partial charge on any atom is -0.483 e. The molecule has 4 rings (SSSR count). The summed E-state index contributed by atoms with van der Waals surface area (Å²) in [5.74, 6) is 0.447. The second-order valence-electron chi connectivity index (χ2n) is 6.67. The lowest BCUT2D eigenvalue weighted by Crippen LogP contribution is -2.21. The third-order valence-corrected chi connectivity index (χ3v) is 4.55. The highest BCUT2D eigenvalue weighted by Gasteiger charge is 2.11. The average Bonchev–Trinajstić information content (AvgIpc) is 3.26. The van der Waals surface area contributed by atoms with Crippen molar-refractivity contribution in [3.63, 3.8) is 0 Å². The zero-order chi connectivity index (χ0) is 20.1. The second kappa shape index (κ2) is 8.43. The number of rotatable bonds is 7. The van der Waals surface area contributed by atoms with Crippen LogP contribution in [0.2, 0.25) is 0 Å². The van der Waals surface area contributed by atoms with E-state index < -0.39 is 0 Å². The fraction of sp³-hybridized carbons (Fsp3) is 0.136. The van der Waals surface area contributed by atoms with Crippen molar-refractivity contribution in [2.24, 2.45) is 0 Å². The summed E-state index contributed by atoms with van der Waals surface area (Å²) < 4.78 is 7.56. The highest BCUT2D eigenvalue weighted by atomic mass is 16.5. The van der Waals surface area contributed by atoms with Crippen molar-refractivity contribution in [3.05, 3.63) is 84.4 Å². The van der Waals surface area contributed by atoms with Gasteiger partial charge in [-0.1, -0.05) is 48.0 Å². The molecular formula is C22H21N5O2. The number of aromatic nitrogens is 3. The van der Waals surface area contributed by atoms with Gasteiger partial charge in [0.1, 0.15) is 18.4 Å². The Labute approximate surface area is 168 Å². The molecule has 0 aliphatic heterocycles. The molecule has 0 fully saturated rings. The molecule has 2 N–H and O–H groups in total. The smallest absolute Gasteiger partial charge is 0.262 e. The Kier molecular flexibility index (Phi) is 5.38. The molecule has 1 aromatic heterocycles. The molecule has 7 heteroatoms. The van der Waals surface area contributed by atoms with Gasteiger partial charge in [-0.15, -0.1) is 10.2 Å². The molecule has 3 aromatic carbocycles. The van der Waals surface area contributed by atoms with E-state index in [1.54, 1.807) is 17.3 Å². The lowest BCUT2D eigenvalue weighted by atomic mass is 10.0. The van der Waals surface area contributed by atoms with Crippen molar-refractivity contribution in [2.75, 3.05) is 17.3 Å². The van der Waals surface area contributed by atoms with Gasteiger partial charge in [-0.3, -0.25) is 4.79 Å². The first-order valence-electron chi connectivity index (χ1n) is 9.27. The van der Waals surface area contributed by atoms with E-state index in [2.05, 4.69) is 20.9 Å². The predicted octanol–water partition coefficient (Wildman–Crippen LogP) is 3.50.